The van der Waals surface area contributed by atoms with Crippen LogP contribution >= 0.6 is 0 Å². The lowest BCUT2D eigenvalue weighted by atomic mass is 10.1. The zero-order valence-corrected chi connectivity index (χ0v) is 11.0. The van der Waals surface area contributed by atoms with Gasteiger partial charge in [-0.15, -0.1) is 0 Å². The lowest BCUT2D eigenvalue weighted by Crippen LogP contribution is -2.13. The Labute approximate surface area is 115 Å². The van der Waals surface area contributed by atoms with Gasteiger partial charge in [0.1, 0.15) is 5.82 Å². The van der Waals surface area contributed by atoms with Gasteiger partial charge in [-0.25, -0.2) is 4.98 Å². The summed E-state index contributed by atoms with van der Waals surface area (Å²) < 4.78 is 40.2. The zero-order chi connectivity index (χ0) is 14.2. The van der Waals surface area contributed by atoms with E-state index in [1.807, 2.05) is 6.20 Å². The Balaban J connectivity index is 1.86. The highest BCUT2D eigenvalue weighted by atomic mass is 19.4. The van der Waals surface area contributed by atoms with Crippen LogP contribution in [0.4, 0.5) is 13.2 Å². The van der Waals surface area contributed by atoms with Gasteiger partial charge < -0.3 is 4.57 Å². The number of aromatic nitrogens is 2. The number of alkyl halides is 3. The van der Waals surface area contributed by atoms with Crippen LogP contribution in [0.3, 0.4) is 0 Å². The molecule has 0 saturated heterocycles. The highest BCUT2D eigenvalue weighted by Crippen LogP contribution is 2.30. The van der Waals surface area contributed by atoms with Crippen molar-refractivity contribution in [3.63, 3.8) is 0 Å². The molecule has 0 N–H and O–H groups in total. The summed E-state index contributed by atoms with van der Waals surface area (Å²) in [6.07, 6.45) is 1.29. The van der Waals surface area contributed by atoms with Crippen molar-refractivity contribution in [1.29, 1.82) is 0 Å². The maximum atomic E-state index is 12.7. The van der Waals surface area contributed by atoms with Crippen LogP contribution in [0.2, 0.25) is 0 Å². The molecule has 1 aromatic heterocycles. The molecular formula is C15H15F3N2. The lowest BCUT2D eigenvalue weighted by Gasteiger charge is -2.16. The molecule has 0 saturated carbocycles. The van der Waals surface area contributed by atoms with Crippen LogP contribution in [0.25, 0.3) is 0 Å². The minimum absolute atomic E-state index is 0.448. The van der Waals surface area contributed by atoms with Gasteiger partial charge in [0, 0.05) is 24.9 Å². The van der Waals surface area contributed by atoms with Gasteiger partial charge in [-0.2, -0.15) is 13.2 Å². The summed E-state index contributed by atoms with van der Waals surface area (Å²) in [5.74, 6) is 0.860. The first-order chi connectivity index (χ1) is 9.54. The third-order valence-electron chi connectivity index (χ3n) is 3.70. The van der Waals surface area contributed by atoms with Crippen LogP contribution < -0.4 is 0 Å². The highest BCUT2D eigenvalue weighted by molar-refractivity contribution is 5.28. The molecule has 1 aliphatic heterocycles. The second-order valence-electron chi connectivity index (χ2n) is 5.15. The molecule has 2 aromatic rings. The number of nitrogens with zero attached hydrogens (tertiary/aromatic N) is 2. The van der Waals surface area contributed by atoms with Crippen LogP contribution in [0, 0.1) is 0 Å². The van der Waals surface area contributed by atoms with Crippen LogP contribution in [0.5, 0.6) is 0 Å². The first-order valence-electron chi connectivity index (χ1n) is 6.73. The van der Waals surface area contributed by atoms with Crippen LogP contribution in [0.15, 0.2) is 30.5 Å². The van der Waals surface area contributed by atoms with Crippen molar-refractivity contribution in [2.24, 2.45) is 0 Å². The Kier molecular flexibility index (Phi) is 3.28. The monoisotopic (exact) mass is 280 g/mol. The van der Waals surface area contributed by atoms with E-state index in [0.717, 1.165) is 37.7 Å². The summed E-state index contributed by atoms with van der Waals surface area (Å²) in [7, 11) is 0. The number of fused-ring (bicyclic) bond motifs is 1. The minimum atomic E-state index is -4.29. The fourth-order valence-corrected chi connectivity index (χ4v) is 2.68. The van der Waals surface area contributed by atoms with Crippen LogP contribution in [-0.2, 0) is 25.6 Å². The van der Waals surface area contributed by atoms with E-state index in [0.29, 0.717) is 12.0 Å². The molecule has 5 heteroatoms. The van der Waals surface area contributed by atoms with Crippen molar-refractivity contribution in [2.75, 3.05) is 0 Å². The van der Waals surface area contributed by atoms with Crippen LogP contribution in [0.1, 0.15) is 35.5 Å². The Morgan fingerprint density at radius 3 is 2.85 bits per heavy atom. The third-order valence-corrected chi connectivity index (χ3v) is 3.70. The van der Waals surface area contributed by atoms with E-state index in [-0.39, 0.29) is 0 Å². The predicted molar refractivity (Wildman–Crippen MR) is 69.4 cm³/mol. The second-order valence-corrected chi connectivity index (χ2v) is 5.15. The molecule has 3 rings (SSSR count). The van der Waals surface area contributed by atoms with E-state index < -0.39 is 11.7 Å². The molecule has 0 atom stereocenters. The first kappa shape index (κ1) is 13.2. The molecule has 0 radical (unpaired) electrons. The highest BCUT2D eigenvalue weighted by Gasteiger charge is 2.30. The molecule has 0 amide bonds. The molecule has 0 fully saturated rings. The standard InChI is InChI=1S/C15H15F3N2/c16-15(17,18)12-5-3-4-11(8-12)9-14-19-10-13-6-1-2-7-20(13)14/h3-5,8,10H,1-2,6-7,9H2. The molecule has 0 spiro atoms. The average Bonchev–Trinajstić information content (AvgIpc) is 2.82. The number of benzene rings is 1. The van der Waals surface area contributed by atoms with Gasteiger partial charge in [0.2, 0.25) is 0 Å². The smallest absolute Gasteiger partial charge is 0.332 e. The third kappa shape index (κ3) is 2.57. The molecule has 0 unspecified atom stereocenters. The summed E-state index contributed by atoms with van der Waals surface area (Å²) in [5.41, 5.74) is 1.25. The number of rotatable bonds is 2. The normalized spacial score (nSPS) is 15.2. The molecule has 20 heavy (non-hydrogen) atoms. The SMILES string of the molecule is FC(F)(F)c1cccc(Cc2ncc3n2CCCC3)c1. The Bertz CT molecular complexity index is 614. The Morgan fingerprint density at radius 2 is 2.05 bits per heavy atom. The molecular weight excluding hydrogens is 265 g/mol. The van der Waals surface area contributed by atoms with Crippen molar-refractivity contribution < 1.29 is 13.2 Å². The van der Waals surface area contributed by atoms with Gasteiger partial charge in [-0.1, -0.05) is 18.2 Å². The Morgan fingerprint density at radius 1 is 1.20 bits per heavy atom. The molecule has 0 bridgehead atoms. The first-order valence-corrected chi connectivity index (χ1v) is 6.73. The van der Waals surface area contributed by atoms with Crippen molar-refractivity contribution in [3.05, 3.63) is 53.1 Å². The average molecular weight is 280 g/mol. The van der Waals surface area contributed by atoms with E-state index in [1.165, 1.54) is 17.8 Å². The number of halogens is 3. The minimum Gasteiger partial charge on any atom is -0.332 e. The fraction of sp³-hybridized carbons (Fsp3) is 0.400. The van der Waals surface area contributed by atoms with Gasteiger partial charge in [0.05, 0.1) is 5.56 Å². The molecule has 106 valence electrons. The lowest BCUT2D eigenvalue weighted by molar-refractivity contribution is -0.137. The molecule has 0 aliphatic carbocycles. The Hall–Kier alpha value is -1.78. The molecule has 2 nitrogen and oxygen atoms in total. The summed E-state index contributed by atoms with van der Waals surface area (Å²) in [6.45, 7) is 0.920. The van der Waals surface area contributed by atoms with Crippen molar-refractivity contribution in [1.82, 2.24) is 9.55 Å². The molecule has 2 heterocycles. The zero-order valence-electron chi connectivity index (χ0n) is 11.0. The largest absolute Gasteiger partial charge is 0.416 e. The van der Waals surface area contributed by atoms with E-state index in [4.69, 9.17) is 0 Å². The number of hydrogen-bond donors (Lipinski definition) is 0. The van der Waals surface area contributed by atoms with Crippen LogP contribution in [-0.4, -0.2) is 9.55 Å². The van der Waals surface area contributed by atoms with Gasteiger partial charge in [0.15, 0.2) is 0 Å². The van der Waals surface area contributed by atoms with E-state index in [2.05, 4.69) is 9.55 Å². The summed E-state index contributed by atoms with van der Waals surface area (Å²) in [5, 5.41) is 0. The van der Waals surface area contributed by atoms with Gasteiger partial charge in [-0.05, 0) is 30.9 Å². The van der Waals surface area contributed by atoms with E-state index in [9.17, 15) is 13.2 Å². The summed E-state index contributed by atoms with van der Waals surface area (Å²) in [4.78, 5) is 4.37. The van der Waals surface area contributed by atoms with Gasteiger partial charge in [0.25, 0.3) is 0 Å². The summed E-state index contributed by atoms with van der Waals surface area (Å²) >= 11 is 0. The van der Waals surface area contributed by atoms with Crippen molar-refractivity contribution in [2.45, 2.75) is 38.4 Å². The van der Waals surface area contributed by atoms with Crippen molar-refractivity contribution >= 4 is 0 Å². The predicted octanol–water partition coefficient (Wildman–Crippen LogP) is 3.83. The number of aryl methyl sites for hydroxylation is 1. The van der Waals surface area contributed by atoms with E-state index >= 15 is 0 Å². The maximum absolute atomic E-state index is 12.7. The van der Waals surface area contributed by atoms with E-state index in [1.54, 1.807) is 6.07 Å². The topological polar surface area (TPSA) is 17.8 Å². The molecule has 1 aromatic carbocycles. The second kappa shape index (κ2) is 4.96. The van der Waals surface area contributed by atoms with Gasteiger partial charge >= 0.3 is 6.18 Å². The van der Waals surface area contributed by atoms with Crippen molar-refractivity contribution in [3.8, 4) is 0 Å². The fourth-order valence-electron chi connectivity index (χ4n) is 2.68. The quantitative estimate of drug-likeness (QED) is 0.817. The number of imidazole rings is 1. The maximum Gasteiger partial charge on any atom is 0.416 e. The summed E-state index contributed by atoms with van der Waals surface area (Å²) in [6, 6.07) is 5.49. The van der Waals surface area contributed by atoms with Gasteiger partial charge in [-0.3, -0.25) is 0 Å². The number of hydrogen-bond acceptors (Lipinski definition) is 1. The molecule has 1 aliphatic rings.